The van der Waals surface area contributed by atoms with Gasteiger partial charge < -0.3 is 14.2 Å². The fourth-order valence-corrected chi connectivity index (χ4v) is 4.14. The van der Waals surface area contributed by atoms with Gasteiger partial charge >= 0.3 is 5.97 Å². The van der Waals surface area contributed by atoms with E-state index in [0.29, 0.717) is 31.5 Å². The van der Waals surface area contributed by atoms with Gasteiger partial charge in [-0.25, -0.2) is 0 Å². The van der Waals surface area contributed by atoms with Crippen molar-refractivity contribution in [2.75, 3.05) is 20.2 Å². The van der Waals surface area contributed by atoms with Crippen LogP contribution in [-0.4, -0.2) is 41.5 Å². The zero-order chi connectivity index (χ0) is 20.3. The summed E-state index contributed by atoms with van der Waals surface area (Å²) < 4.78 is 7.12. The van der Waals surface area contributed by atoms with E-state index >= 15 is 0 Å². The lowest BCUT2D eigenvalue weighted by Crippen LogP contribution is -2.49. The number of aromatic nitrogens is 1. The quantitative estimate of drug-likeness (QED) is 0.639. The van der Waals surface area contributed by atoms with E-state index in [1.807, 2.05) is 88.6 Å². The van der Waals surface area contributed by atoms with Gasteiger partial charge in [0.05, 0.1) is 12.5 Å². The van der Waals surface area contributed by atoms with Gasteiger partial charge in [0, 0.05) is 36.7 Å². The Morgan fingerprint density at radius 3 is 2.24 bits per heavy atom. The molecular weight excluding hydrogens is 364 g/mol. The molecule has 1 aromatic heterocycles. The first-order valence-electron chi connectivity index (χ1n) is 9.81. The minimum absolute atomic E-state index is 0.00877. The number of piperidine rings is 1. The highest BCUT2D eigenvalue weighted by atomic mass is 16.5. The zero-order valence-corrected chi connectivity index (χ0v) is 16.5. The van der Waals surface area contributed by atoms with Crippen molar-refractivity contribution in [1.29, 1.82) is 0 Å². The number of carbonyl (C=O) groups is 2. The molecule has 29 heavy (non-hydrogen) atoms. The fourth-order valence-electron chi connectivity index (χ4n) is 4.14. The van der Waals surface area contributed by atoms with Crippen molar-refractivity contribution in [3.63, 3.8) is 0 Å². The summed E-state index contributed by atoms with van der Waals surface area (Å²) in [6.07, 6.45) is 5.00. The molecule has 4 rings (SSSR count). The van der Waals surface area contributed by atoms with E-state index in [0.717, 1.165) is 11.3 Å². The van der Waals surface area contributed by atoms with Crippen molar-refractivity contribution in [3.05, 3.63) is 90.3 Å². The van der Waals surface area contributed by atoms with Crippen LogP contribution in [0.2, 0.25) is 0 Å². The first kappa shape index (κ1) is 19.0. The Morgan fingerprint density at radius 1 is 0.897 bits per heavy atom. The van der Waals surface area contributed by atoms with Crippen LogP contribution in [-0.2, 0) is 14.9 Å². The minimum Gasteiger partial charge on any atom is -0.468 e. The predicted octanol–water partition coefficient (Wildman–Crippen LogP) is 3.82. The molecule has 1 amide bonds. The van der Waals surface area contributed by atoms with Gasteiger partial charge in [0.1, 0.15) is 0 Å². The molecule has 0 spiro atoms. The molecule has 1 fully saturated rings. The Morgan fingerprint density at radius 2 is 1.59 bits per heavy atom. The molecule has 1 aliphatic rings. The monoisotopic (exact) mass is 388 g/mol. The van der Waals surface area contributed by atoms with Crippen LogP contribution >= 0.6 is 0 Å². The molecule has 1 aliphatic heterocycles. The SMILES string of the molecule is COC(=O)C1(c2ccccc2)CCN(C(=O)c2cccc(-n3cccc3)c2)CC1. The number of likely N-dealkylation sites (tertiary alicyclic amines) is 1. The maximum atomic E-state index is 13.1. The summed E-state index contributed by atoms with van der Waals surface area (Å²) in [5.41, 5.74) is 1.86. The Hall–Kier alpha value is -3.34. The van der Waals surface area contributed by atoms with Gasteiger partial charge in [-0.15, -0.1) is 0 Å². The number of nitrogens with zero attached hydrogens (tertiary/aromatic N) is 2. The molecular formula is C24H24N2O3. The lowest BCUT2D eigenvalue weighted by Gasteiger charge is -2.40. The third kappa shape index (κ3) is 3.56. The van der Waals surface area contributed by atoms with Crippen molar-refractivity contribution in [1.82, 2.24) is 9.47 Å². The topological polar surface area (TPSA) is 51.5 Å². The number of ether oxygens (including phenoxy) is 1. The van der Waals surface area contributed by atoms with Gasteiger partial charge in [0.25, 0.3) is 5.91 Å². The molecule has 0 bridgehead atoms. The van der Waals surface area contributed by atoms with E-state index < -0.39 is 5.41 Å². The number of hydrogen-bond acceptors (Lipinski definition) is 3. The average molecular weight is 388 g/mol. The maximum absolute atomic E-state index is 13.1. The summed E-state index contributed by atoms with van der Waals surface area (Å²) in [6.45, 7) is 1.02. The lowest BCUT2D eigenvalue weighted by molar-refractivity contribution is -0.149. The van der Waals surface area contributed by atoms with Crippen LogP contribution in [0.3, 0.4) is 0 Å². The molecule has 2 aromatic carbocycles. The normalized spacial score (nSPS) is 15.7. The van der Waals surface area contributed by atoms with Gasteiger partial charge in [0.2, 0.25) is 0 Å². The standard InChI is InChI=1S/C24H24N2O3/c1-29-23(28)24(20-9-3-2-4-10-20)12-16-26(17-13-24)22(27)19-8-7-11-21(18-19)25-14-5-6-15-25/h2-11,14-15,18H,12-13,16-17H2,1H3. The van der Waals surface area contributed by atoms with E-state index in [9.17, 15) is 9.59 Å². The number of benzene rings is 2. The van der Waals surface area contributed by atoms with Crippen molar-refractivity contribution in [2.24, 2.45) is 0 Å². The second-order valence-electron chi connectivity index (χ2n) is 7.37. The molecule has 1 saturated heterocycles. The molecule has 0 radical (unpaired) electrons. The second kappa shape index (κ2) is 7.95. The van der Waals surface area contributed by atoms with Gasteiger partial charge in [-0.3, -0.25) is 9.59 Å². The van der Waals surface area contributed by atoms with Crippen LogP contribution in [0, 0.1) is 0 Å². The van der Waals surface area contributed by atoms with E-state index in [4.69, 9.17) is 4.74 Å². The molecule has 5 heteroatoms. The summed E-state index contributed by atoms with van der Waals surface area (Å²) in [5.74, 6) is -0.240. The highest BCUT2D eigenvalue weighted by Gasteiger charge is 2.44. The largest absolute Gasteiger partial charge is 0.468 e. The number of methoxy groups -OCH3 is 1. The van der Waals surface area contributed by atoms with Crippen LogP contribution < -0.4 is 0 Å². The number of carbonyl (C=O) groups excluding carboxylic acids is 2. The molecule has 0 unspecified atom stereocenters. The summed E-state index contributed by atoms with van der Waals surface area (Å²) in [7, 11) is 1.43. The smallest absolute Gasteiger partial charge is 0.316 e. The summed E-state index contributed by atoms with van der Waals surface area (Å²) in [4.78, 5) is 27.6. The Balaban J connectivity index is 1.54. The molecule has 0 atom stereocenters. The summed E-state index contributed by atoms with van der Waals surface area (Å²) in [6, 6.07) is 21.3. The predicted molar refractivity (Wildman–Crippen MR) is 111 cm³/mol. The van der Waals surface area contributed by atoms with Crippen LogP contribution in [0.1, 0.15) is 28.8 Å². The van der Waals surface area contributed by atoms with Gasteiger partial charge in [-0.2, -0.15) is 0 Å². The lowest BCUT2D eigenvalue weighted by atomic mass is 9.72. The Labute approximate surface area is 170 Å². The molecule has 0 saturated carbocycles. The van der Waals surface area contributed by atoms with Gasteiger partial charge in [-0.1, -0.05) is 36.4 Å². The summed E-state index contributed by atoms with van der Waals surface area (Å²) in [5, 5.41) is 0. The molecule has 3 aromatic rings. The van der Waals surface area contributed by atoms with Crippen molar-refractivity contribution in [2.45, 2.75) is 18.3 Å². The van der Waals surface area contributed by atoms with Gasteiger partial charge in [-0.05, 0) is 48.7 Å². The second-order valence-corrected chi connectivity index (χ2v) is 7.37. The molecule has 2 heterocycles. The molecule has 0 aliphatic carbocycles. The first-order valence-corrected chi connectivity index (χ1v) is 9.81. The van der Waals surface area contributed by atoms with E-state index in [1.165, 1.54) is 7.11 Å². The van der Waals surface area contributed by atoms with Gasteiger partial charge in [0.15, 0.2) is 0 Å². The van der Waals surface area contributed by atoms with Crippen LogP contribution in [0.5, 0.6) is 0 Å². The van der Waals surface area contributed by atoms with E-state index in [1.54, 1.807) is 0 Å². The third-order valence-corrected chi connectivity index (χ3v) is 5.80. The number of amides is 1. The Bertz CT molecular complexity index is 988. The van der Waals surface area contributed by atoms with Crippen molar-refractivity contribution >= 4 is 11.9 Å². The van der Waals surface area contributed by atoms with Crippen LogP contribution in [0.15, 0.2) is 79.1 Å². The van der Waals surface area contributed by atoms with Crippen molar-refractivity contribution in [3.8, 4) is 5.69 Å². The number of esters is 1. The number of rotatable bonds is 4. The number of hydrogen-bond donors (Lipinski definition) is 0. The first-order chi connectivity index (χ1) is 14.1. The third-order valence-electron chi connectivity index (χ3n) is 5.80. The highest BCUT2D eigenvalue weighted by molar-refractivity contribution is 5.95. The Kier molecular flexibility index (Phi) is 5.21. The minimum atomic E-state index is -0.695. The highest BCUT2D eigenvalue weighted by Crippen LogP contribution is 2.37. The average Bonchev–Trinajstić information content (AvgIpc) is 3.34. The van der Waals surface area contributed by atoms with E-state index in [-0.39, 0.29) is 11.9 Å². The maximum Gasteiger partial charge on any atom is 0.316 e. The van der Waals surface area contributed by atoms with E-state index in [2.05, 4.69) is 0 Å². The van der Waals surface area contributed by atoms with Crippen molar-refractivity contribution < 1.29 is 14.3 Å². The molecule has 5 nitrogen and oxygen atoms in total. The zero-order valence-electron chi connectivity index (χ0n) is 16.5. The van der Waals surface area contributed by atoms with Crippen LogP contribution in [0.4, 0.5) is 0 Å². The van der Waals surface area contributed by atoms with Crippen LogP contribution in [0.25, 0.3) is 5.69 Å². The molecule has 148 valence electrons. The summed E-state index contributed by atoms with van der Waals surface area (Å²) >= 11 is 0. The fraction of sp³-hybridized carbons (Fsp3) is 0.250. The molecule has 0 N–H and O–H groups in total.